The second kappa shape index (κ2) is 55.8. The molecule has 17 unspecified atom stereocenters. The fourth-order valence-corrected chi connectivity index (χ4v) is 12.0. The minimum Gasteiger partial charge on any atom is -0.394 e. The molecule has 94 heavy (non-hydrogen) atoms. The molecule has 0 radical (unpaired) electrons. The maximum atomic E-state index is 13.4. The van der Waals surface area contributed by atoms with Gasteiger partial charge in [-0.25, -0.2) is 0 Å². The predicted octanol–water partition coefficient (Wildman–Crippen LogP) is 10.7. The summed E-state index contributed by atoms with van der Waals surface area (Å²) in [5, 5.41) is 121. The lowest BCUT2D eigenvalue weighted by Crippen LogP contribution is -2.66. The number of carbonyl (C=O) groups excluding carboxylic acids is 1. The van der Waals surface area contributed by atoms with Crippen LogP contribution in [0.3, 0.4) is 0 Å². The zero-order valence-electron chi connectivity index (χ0n) is 57.7. The molecule has 544 valence electrons. The highest BCUT2D eigenvalue weighted by atomic mass is 16.8. The van der Waals surface area contributed by atoms with E-state index >= 15 is 0 Å². The van der Waals surface area contributed by atoms with E-state index in [-0.39, 0.29) is 18.9 Å². The minimum absolute atomic E-state index is 0.184. The van der Waals surface area contributed by atoms with Crippen molar-refractivity contribution in [3.05, 3.63) is 85.1 Å². The highest BCUT2D eigenvalue weighted by Gasteiger charge is 2.53. The van der Waals surface area contributed by atoms with Gasteiger partial charge in [0.2, 0.25) is 5.91 Å². The maximum absolute atomic E-state index is 13.4. The number of allylic oxidation sites excluding steroid dienone is 13. The molecule has 3 heterocycles. The summed E-state index contributed by atoms with van der Waals surface area (Å²) in [6.45, 7) is 1.60. The fourth-order valence-electron chi connectivity index (χ4n) is 12.0. The van der Waals surface area contributed by atoms with E-state index in [1.807, 2.05) is 6.08 Å². The van der Waals surface area contributed by atoms with Crippen molar-refractivity contribution in [2.75, 3.05) is 26.4 Å². The summed E-state index contributed by atoms with van der Waals surface area (Å²) in [6, 6.07) is -1.00. The third-order valence-electron chi connectivity index (χ3n) is 17.9. The molecule has 3 aliphatic rings. The third-order valence-corrected chi connectivity index (χ3v) is 17.9. The van der Waals surface area contributed by atoms with Gasteiger partial charge in [-0.15, -0.1) is 0 Å². The normalized spacial score (nSPS) is 27.9. The van der Waals surface area contributed by atoms with Crippen LogP contribution in [0.2, 0.25) is 0 Å². The Bertz CT molecular complexity index is 2030. The average molecular weight is 1330 g/mol. The van der Waals surface area contributed by atoms with Crippen LogP contribution in [0.15, 0.2) is 85.1 Å². The monoisotopic (exact) mass is 1330 g/mol. The Morgan fingerprint density at radius 2 is 0.734 bits per heavy atom. The quantitative estimate of drug-likeness (QED) is 0.0199. The van der Waals surface area contributed by atoms with Crippen LogP contribution in [0.25, 0.3) is 0 Å². The molecule has 0 aliphatic carbocycles. The molecule has 1 amide bonds. The van der Waals surface area contributed by atoms with Crippen molar-refractivity contribution in [1.82, 2.24) is 5.32 Å². The number of unbranched alkanes of at least 4 members (excludes halogenated alkanes) is 28. The third kappa shape index (κ3) is 36.7. The SMILES string of the molecule is CC/C=C\C/C=C\C/C=C\C/C=C\C/C=C\C/C=C\CCCCC(=O)NC(COC1OC(CO)C(OC2OC(CO)C(OC3OC(CO)C(O)C(O)C3O)C(O)C2O)C(O)C1O)C(O)/C=C/CCCCCCCCCCCCCCCCCCCCCCCCCCCC. The van der Waals surface area contributed by atoms with Crippen molar-refractivity contribution < 1.29 is 89.4 Å². The molecule has 0 aromatic rings. The molecule has 0 saturated carbocycles. The molecule has 3 rings (SSSR count). The van der Waals surface area contributed by atoms with Crippen molar-refractivity contribution in [2.45, 2.75) is 356 Å². The first kappa shape index (κ1) is 85.2. The topological polar surface area (TPSA) is 307 Å². The highest BCUT2D eigenvalue weighted by Crippen LogP contribution is 2.33. The molecule has 19 nitrogen and oxygen atoms in total. The number of aliphatic hydroxyl groups excluding tert-OH is 11. The van der Waals surface area contributed by atoms with Crippen molar-refractivity contribution in [2.24, 2.45) is 0 Å². The number of amides is 1. The Balaban J connectivity index is 1.43. The number of hydrogen-bond donors (Lipinski definition) is 12. The summed E-state index contributed by atoms with van der Waals surface area (Å²) in [4.78, 5) is 13.4. The molecule has 3 saturated heterocycles. The Morgan fingerprint density at radius 3 is 1.15 bits per heavy atom. The lowest BCUT2D eigenvalue weighted by atomic mass is 9.96. The molecule has 17 atom stereocenters. The molecule has 3 aliphatic heterocycles. The molecule has 0 aromatic heterocycles. The van der Waals surface area contributed by atoms with Gasteiger partial charge in [0.25, 0.3) is 0 Å². The Morgan fingerprint density at radius 1 is 0.394 bits per heavy atom. The molecule has 3 fully saturated rings. The maximum Gasteiger partial charge on any atom is 0.220 e. The van der Waals surface area contributed by atoms with Crippen LogP contribution < -0.4 is 5.32 Å². The van der Waals surface area contributed by atoms with Gasteiger partial charge in [-0.05, 0) is 70.6 Å². The van der Waals surface area contributed by atoms with Crippen molar-refractivity contribution in [3.63, 3.8) is 0 Å². The second-order valence-corrected chi connectivity index (χ2v) is 26.0. The molecular weight excluding hydrogens is 1200 g/mol. The van der Waals surface area contributed by atoms with Gasteiger partial charge < -0.3 is 89.9 Å². The van der Waals surface area contributed by atoms with Gasteiger partial charge in [-0.1, -0.05) is 259 Å². The van der Waals surface area contributed by atoms with Crippen LogP contribution >= 0.6 is 0 Å². The van der Waals surface area contributed by atoms with Gasteiger partial charge in [0.1, 0.15) is 73.2 Å². The number of carbonyl (C=O) groups is 1. The van der Waals surface area contributed by atoms with Gasteiger partial charge in [0.05, 0.1) is 38.6 Å². The van der Waals surface area contributed by atoms with Gasteiger partial charge in [-0.3, -0.25) is 4.79 Å². The second-order valence-electron chi connectivity index (χ2n) is 26.0. The van der Waals surface area contributed by atoms with Crippen LogP contribution in [-0.4, -0.2) is 193 Å². The Hall–Kier alpha value is -3.03. The van der Waals surface area contributed by atoms with Crippen LogP contribution in [0.1, 0.15) is 251 Å². The van der Waals surface area contributed by atoms with Crippen molar-refractivity contribution in [3.8, 4) is 0 Å². The average Bonchev–Trinajstić information content (AvgIpc) is 0.787. The van der Waals surface area contributed by atoms with Gasteiger partial charge in [-0.2, -0.15) is 0 Å². The lowest BCUT2D eigenvalue weighted by Gasteiger charge is -2.48. The summed E-state index contributed by atoms with van der Waals surface area (Å²) in [5.74, 6) is -0.318. The molecule has 19 heteroatoms. The van der Waals surface area contributed by atoms with E-state index < -0.39 is 124 Å². The summed E-state index contributed by atoms with van der Waals surface area (Å²) in [5.41, 5.74) is 0. The van der Waals surface area contributed by atoms with Gasteiger partial charge >= 0.3 is 0 Å². The van der Waals surface area contributed by atoms with E-state index in [9.17, 15) is 61.0 Å². The predicted molar refractivity (Wildman–Crippen MR) is 369 cm³/mol. The Kier molecular flexibility index (Phi) is 50.6. The van der Waals surface area contributed by atoms with Crippen molar-refractivity contribution in [1.29, 1.82) is 0 Å². The molecular formula is C75H131NO18. The van der Waals surface area contributed by atoms with E-state index in [1.165, 1.54) is 148 Å². The van der Waals surface area contributed by atoms with E-state index in [2.05, 4.69) is 92.1 Å². The smallest absolute Gasteiger partial charge is 0.220 e. The Labute approximate surface area is 565 Å². The summed E-state index contributed by atoms with van der Waals surface area (Å²) in [6.07, 6.45) is 45.7. The first-order valence-electron chi connectivity index (χ1n) is 36.8. The lowest BCUT2D eigenvalue weighted by molar-refractivity contribution is -0.379. The van der Waals surface area contributed by atoms with Gasteiger partial charge in [0, 0.05) is 6.42 Å². The van der Waals surface area contributed by atoms with E-state index in [0.29, 0.717) is 6.42 Å². The largest absolute Gasteiger partial charge is 0.394 e. The van der Waals surface area contributed by atoms with Crippen LogP contribution in [0, 0.1) is 0 Å². The summed E-state index contributed by atoms with van der Waals surface area (Å²) >= 11 is 0. The van der Waals surface area contributed by atoms with E-state index in [4.69, 9.17) is 28.4 Å². The number of nitrogens with one attached hydrogen (secondary N) is 1. The molecule has 12 N–H and O–H groups in total. The first-order chi connectivity index (χ1) is 45.8. The van der Waals surface area contributed by atoms with E-state index in [1.54, 1.807) is 6.08 Å². The summed E-state index contributed by atoms with van der Waals surface area (Å²) in [7, 11) is 0. The van der Waals surface area contributed by atoms with Crippen LogP contribution in [0.4, 0.5) is 0 Å². The first-order valence-corrected chi connectivity index (χ1v) is 36.8. The molecule has 0 bridgehead atoms. The van der Waals surface area contributed by atoms with Gasteiger partial charge in [0.15, 0.2) is 18.9 Å². The number of ether oxygens (including phenoxy) is 6. The number of rotatable bonds is 56. The van der Waals surface area contributed by atoms with E-state index in [0.717, 1.165) is 77.0 Å². The van der Waals surface area contributed by atoms with Crippen molar-refractivity contribution >= 4 is 5.91 Å². The van der Waals surface area contributed by atoms with Crippen LogP contribution in [0.5, 0.6) is 0 Å². The minimum atomic E-state index is -1.99. The number of aliphatic hydroxyl groups is 11. The zero-order valence-corrected chi connectivity index (χ0v) is 57.7. The molecule has 0 aromatic carbocycles. The number of hydrogen-bond acceptors (Lipinski definition) is 18. The summed E-state index contributed by atoms with van der Waals surface area (Å²) < 4.78 is 34.4. The highest BCUT2D eigenvalue weighted by molar-refractivity contribution is 5.76. The zero-order chi connectivity index (χ0) is 68.2. The van der Waals surface area contributed by atoms with Crippen LogP contribution in [-0.2, 0) is 33.2 Å². The standard InChI is InChI=1S/C75H131NO18/c1-3-5-7-9-11-13-15-17-19-21-23-25-26-27-28-29-30-31-33-34-36-38-40-42-44-46-48-50-52-59(80)58(76-63(81)53-51-49-47-45-43-41-39-37-35-32-24-22-20-18-16-14-12-10-8-6-4-2)57-89-73-69(87)66(84)71(61(55-78)91-73)94-75-70(88)67(85)72(62(56-79)92-75)93-74-68(86)65(83)64(82)60(54-77)90-74/h6,8,12,14,18,20,24,32,37,39,43,45,50,52,58-62,64-75,77-80,82-88H,3-5,7,9-11,13,15-17,19,21-23,25-31,33-36,38,40-42,44,46-49,51,53-57H2,1-2H3,(H,76,81)/b8-6-,14-12-,20-18-,32-24-,39-37-,45-43-,52-50+. The fraction of sp³-hybridized carbons (Fsp3) is 0.800. The molecule has 0 spiro atoms.